The fraction of sp³-hybridized carbons (Fsp3) is 0.488. The number of ether oxygens (including phenoxy) is 1. The maximum atomic E-state index is 14.7. The van der Waals surface area contributed by atoms with Crippen molar-refractivity contribution in [3.8, 4) is 17.0 Å². The van der Waals surface area contributed by atoms with Crippen LogP contribution in [0.1, 0.15) is 124 Å². The van der Waals surface area contributed by atoms with Crippen LogP contribution in [-0.4, -0.2) is 84.8 Å². The van der Waals surface area contributed by atoms with Crippen LogP contribution in [0.25, 0.3) is 33.8 Å². The molecular weight excluding hydrogens is 699 g/mol. The first-order valence-corrected chi connectivity index (χ1v) is 21.1. The number of likely N-dealkylation sites (tertiary alicyclic amines) is 1. The number of fused-ring (bicyclic) bond motifs is 5. The van der Waals surface area contributed by atoms with E-state index in [1.165, 1.54) is 12.0 Å². The van der Waals surface area contributed by atoms with Crippen molar-refractivity contribution < 1.29 is 24.2 Å². The molecule has 290 valence electrons. The van der Waals surface area contributed by atoms with Crippen molar-refractivity contribution in [2.24, 2.45) is 0 Å². The lowest BCUT2D eigenvalue weighted by Gasteiger charge is -2.28. The van der Waals surface area contributed by atoms with Gasteiger partial charge in [-0.05, 0) is 133 Å². The van der Waals surface area contributed by atoms with E-state index in [2.05, 4.69) is 69.8 Å². The molecule has 2 aromatic carbocycles. The minimum absolute atomic E-state index is 0. The first-order chi connectivity index (χ1) is 25.8. The van der Waals surface area contributed by atoms with Gasteiger partial charge in [0.25, 0.3) is 11.8 Å². The summed E-state index contributed by atoms with van der Waals surface area (Å²) >= 11 is 0. The number of aromatic nitrogens is 2. The molecule has 1 aliphatic carbocycles. The van der Waals surface area contributed by atoms with Crippen molar-refractivity contribution >= 4 is 44.4 Å². The highest BCUT2D eigenvalue weighted by Crippen LogP contribution is 2.48. The Labute approximate surface area is 321 Å². The molecule has 54 heavy (non-hydrogen) atoms. The van der Waals surface area contributed by atoms with Gasteiger partial charge in [0.2, 0.25) is 10.0 Å². The minimum Gasteiger partial charge on any atom is -0.497 e. The number of hydrogen-bond acceptors (Lipinski definition) is 6. The molecule has 0 bridgehead atoms. The zero-order valence-electron chi connectivity index (χ0n) is 32.8. The number of nitrogens with zero attached hydrogens (tertiary/aromatic N) is 4. The molecule has 0 spiro atoms. The summed E-state index contributed by atoms with van der Waals surface area (Å²) in [5.41, 5.74) is 8.17. The van der Waals surface area contributed by atoms with Gasteiger partial charge >= 0.3 is 0 Å². The smallest absolute Gasteiger partial charge is 0.264 e. The highest BCUT2D eigenvalue weighted by Gasteiger charge is 2.35. The summed E-state index contributed by atoms with van der Waals surface area (Å²) in [6, 6.07) is 14.1. The van der Waals surface area contributed by atoms with E-state index in [-0.39, 0.29) is 25.0 Å². The first-order valence-electron chi connectivity index (χ1n) is 19.6. The van der Waals surface area contributed by atoms with Gasteiger partial charge in [-0.25, -0.2) is 13.1 Å². The summed E-state index contributed by atoms with van der Waals surface area (Å²) in [6.45, 7) is 9.40. The molecule has 2 amide bonds. The van der Waals surface area contributed by atoms with Crippen LogP contribution in [0, 0.1) is 0 Å². The van der Waals surface area contributed by atoms with Crippen LogP contribution >= 0.6 is 0 Å². The number of carbonyl (C=O) groups is 2. The summed E-state index contributed by atoms with van der Waals surface area (Å²) in [4.78, 5) is 32.4. The molecule has 11 heteroatoms. The molecule has 1 atom stereocenters. The van der Waals surface area contributed by atoms with E-state index in [0.717, 1.165) is 96.4 Å². The number of nitrogens with one attached hydrogen (secondary N) is 1. The van der Waals surface area contributed by atoms with Crippen LogP contribution in [0.3, 0.4) is 0 Å². The fourth-order valence-electron chi connectivity index (χ4n) is 8.89. The van der Waals surface area contributed by atoms with Crippen molar-refractivity contribution in [2.75, 3.05) is 34.3 Å². The highest BCUT2D eigenvalue weighted by atomic mass is 32.2. The molecular formula is C43H57N5O5S. The second-order valence-corrected chi connectivity index (χ2v) is 18.4. The summed E-state index contributed by atoms with van der Waals surface area (Å²) in [7, 11) is 1.97. The van der Waals surface area contributed by atoms with Crippen molar-refractivity contribution in [1.29, 1.82) is 0 Å². The first kappa shape index (κ1) is 37.9. The second kappa shape index (κ2) is 15.1. The van der Waals surface area contributed by atoms with Crippen LogP contribution in [-0.2, 0) is 16.6 Å². The van der Waals surface area contributed by atoms with Crippen LogP contribution in [0.4, 0.5) is 0 Å². The molecule has 0 radical (unpaired) electrons. The zero-order valence-corrected chi connectivity index (χ0v) is 33.6. The molecule has 10 nitrogen and oxygen atoms in total. The number of carbonyl (C=O) groups excluding carboxylic acids is 2. The molecule has 2 aliphatic heterocycles. The molecule has 2 aromatic heterocycles. The van der Waals surface area contributed by atoms with E-state index in [9.17, 15) is 18.0 Å². The van der Waals surface area contributed by atoms with E-state index < -0.39 is 21.2 Å². The molecule has 1 unspecified atom stereocenters. The summed E-state index contributed by atoms with van der Waals surface area (Å²) < 4.78 is 38.2. The predicted molar refractivity (Wildman–Crippen MR) is 219 cm³/mol. The third-order valence-corrected chi connectivity index (χ3v) is 13.3. The Balaban J connectivity index is 0.00000514. The lowest BCUT2D eigenvalue weighted by molar-refractivity contribution is 0.0715. The number of sulfonamides is 1. The number of methoxy groups -OCH3 is 1. The number of rotatable bonds is 10. The van der Waals surface area contributed by atoms with Gasteiger partial charge in [0.15, 0.2) is 0 Å². The van der Waals surface area contributed by atoms with Gasteiger partial charge in [-0.2, -0.15) is 0 Å². The third-order valence-electron chi connectivity index (χ3n) is 11.6. The largest absolute Gasteiger partial charge is 0.497 e. The Kier molecular flexibility index (Phi) is 10.6. The quantitative estimate of drug-likeness (QED) is 0.175. The highest BCUT2D eigenvalue weighted by molar-refractivity contribution is 7.90. The average molecular weight is 756 g/mol. The average Bonchev–Trinajstić information content (AvgIpc) is 3.84. The van der Waals surface area contributed by atoms with Crippen LogP contribution in [0.5, 0.6) is 5.75 Å². The van der Waals surface area contributed by atoms with E-state index >= 15 is 0 Å². The maximum Gasteiger partial charge on any atom is 0.264 e. The monoisotopic (exact) mass is 755 g/mol. The third kappa shape index (κ3) is 7.01. The zero-order chi connectivity index (χ0) is 38.5. The van der Waals surface area contributed by atoms with Gasteiger partial charge in [-0.3, -0.25) is 9.59 Å². The fourth-order valence-corrected chi connectivity index (χ4v) is 9.50. The van der Waals surface area contributed by atoms with E-state index in [4.69, 9.17) is 4.74 Å². The molecule has 1 saturated heterocycles. The topological polar surface area (TPSA) is 106 Å². The number of benzene rings is 2. The molecule has 7 rings (SSSR count). The standard InChI is InChI=1S/C43H55N5O5S.H2/c1-27(2)46-21-19-37(43(50)47-20-11-14-33(47)26-45(5)6)40(46)32-22-31-23-34(53-7)16-18-35(31)41-39(29-12-9-8-10-13-29)36-17-15-30(24-38(36)48(41)25-32)42(49)44-54(51,52)28(3)4;/h15-19,21-24,27-29,33H,8-14,20,25-26H2,1-7H3,(H,44,49);1H. The lowest BCUT2D eigenvalue weighted by atomic mass is 9.81. The van der Waals surface area contributed by atoms with Crippen molar-refractivity contribution in [1.82, 2.24) is 23.7 Å². The van der Waals surface area contributed by atoms with Gasteiger partial charge in [-0.15, -0.1) is 0 Å². The normalized spacial score (nSPS) is 17.9. The number of allylic oxidation sites excluding steroid dienone is 1. The number of likely N-dealkylation sites (N-methyl/N-ethyl adjacent to an activating group) is 1. The van der Waals surface area contributed by atoms with Crippen molar-refractivity contribution in [3.63, 3.8) is 0 Å². The van der Waals surface area contributed by atoms with Crippen LogP contribution in [0.15, 0.2) is 48.7 Å². The van der Waals surface area contributed by atoms with Gasteiger partial charge in [0.1, 0.15) is 5.75 Å². The Morgan fingerprint density at radius 3 is 2.41 bits per heavy atom. The summed E-state index contributed by atoms with van der Waals surface area (Å²) in [5.74, 6) is 0.484. The number of amides is 2. The van der Waals surface area contributed by atoms with Crippen molar-refractivity contribution in [3.05, 3.63) is 76.6 Å². The van der Waals surface area contributed by atoms with E-state index in [1.807, 2.05) is 30.5 Å². The summed E-state index contributed by atoms with van der Waals surface area (Å²) in [6.07, 6.45) is 11.9. The van der Waals surface area contributed by atoms with Crippen LogP contribution in [0.2, 0.25) is 0 Å². The van der Waals surface area contributed by atoms with Crippen molar-refractivity contribution in [2.45, 2.75) is 102 Å². The summed E-state index contributed by atoms with van der Waals surface area (Å²) in [5, 5.41) is 0.323. The molecule has 2 fully saturated rings. The lowest BCUT2D eigenvalue weighted by Crippen LogP contribution is -2.41. The predicted octanol–water partition coefficient (Wildman–Crippen LogP) is 8.18. The molecule has 4 heterocycles. The van der Waals surface area contributed by atoms with E-state index in [0.29, 0.717) is 18.0 Å². The van der Waals surface area contributed by atoms with Gasteiger partial charge in [-0.1, -0.05) is 25.3 Å². The second-order valence-electron chi connectivity index (χ2n) is 16.2. The SMILES string of the molecule is COc1ccc2c(c1)C=C(c1c(C(=O)N3CCCC3CN(C)C)ccn1C(C)C)Cn1c-2c(C2CCCCC2)c2ccc(C(=O)NS(=O)(=O)C(C)C)cc21.[HH]. The Morgan fingerprint density at radius 2 is 1.72 bits per heavy atom. The Morgan fingerprint density at radius 1 is 0.963 bits per heavy atom. The minimum atomic E-state index is -3.83. The number of hydrogen-bond donors (Lipinski definition) is 1. The molecule has 3 aliphatic rings. The molecule has 1 N–H and O–H groups in total. The molecule has 1 saturated carbocycles. The Bertz CT molecular complexity index is 2230. The maximum absolute atomic E-state index is 14.7. The van der Waals surface area contributed by atoms with Crippen LogP contribution < -0.4 is 9.46 Å². The van der Waals surface area contributed by atoms with Gasteiger partial charge in [0.05, 0.1) is 35.9 Å². The molecule has 4 aromatic rings. The Hall–Kier alpha value is -4.35. The van der Waals surface area contributed by atoms with Gasteiger partial charge in [0, 0.05) is 54.8 Å². The van der Waals surface area contributed by atoms with E-state index in [1.54, 1.807) is 27.0 Å². The van der Waals surface area contributed by atoms with Gasteiger partial charge < -0.3 is 23.7 Å².